The van der Waals surface area contributed by atoms with Gasteiger partial charge < -0.3 is 10.8 Å². The van der Waals surface area contributed by atoms with E-state index in [9.17, 15) is 5.11 Å². The number of nitrogens with two attached hydrogens (primary N) is 1. The van der Waals surface area contributed by atoms with E-state index in [0.29, 0.717) is 6.54 Å². The first-order valence-corrected chi connectivity index (χ1v) is 7.67. The molecule has 0 aliphatic rings. The fourth-order valence-electron chi connectivity index (χ4n) is 2.37. The minimum absolute atomic E-state index is 0.0972. The molecule has 0 aromatic heterocycles. The van der Waals surface area contributed by atoms with Crippen LogP contribution in [0.25, 0.3) is 0 Å². The third-order valence-electron chi connectivity index (χ3n) is 3.64. The van der Waals surface area contributed by atoms with Crippen molar-refractivity contribution in [1.82, 2.24) is 0 Å². The van der Waals surface area contributed by atoms with Crippen LogP contribution in [0.5, 0.6) is 0 Å². The van der Waals surface area contributed by atoms with Crippen LogP contribution in [0, 0.1) is 0 Å². The molecule has 2 atom stereocenters. The van der Waals surface area contributed by atoms with Crippen molar-refractivity contribution < 1.29 is 5.11 Å². The van der Waals surface area contributed by atoms with Gasteiger partial charge in [-0.15, -0.1) is 0 Å². The molecule has 20 heavy (non-hydrogen) atoms. The Morgan fingerprint density at radius 2 is 1.80 bits per heavy atom. The SMILES string of the molecule is CCc1ccc(C(O)C(CN)c2cccc(Br)c2)cc1. The van der Waals surface area contributed by atoms with Crippen molar-refractivity contribution in [2.45, 2.75) is 25.4 Å². The predicted octanol–water partition coefficient (Wildman–Crippen LogP) is 3.79. The molecule has 2 nitrogen and oxygen atoms in total. The summed E-state index contributed by atoms with van der Waals surface area (Å²) in [4.78, 5) is 0. The standard InChI is InChI=1S/C17H20BrNO/c1-2-12-6-8-13(9-7-12)17(20)16(11-19)14-4-3-5-15(18)10-14/h3-10,16-17,20H,2,11,19H2,1H3. The van der Waals surface area contributed by atoms with Gasteiger partial charge >= 0.3 is 0 Å². The van der Waals surface area contributed by atoms with Crippen LogP contribution in [0.4, 0.5) is 0 Å². The molecule has 2 rings (SSSR count). The maximum Gasteiger partial charge on any atom is 0.0870 e. The van der Waals surface area contributed by atoms with Crippen LogP contribution in [0.3, 0.4) is 0 Å². The lowest BCUT2D eigenvalue weighted by Gasteiger charge is -2.22. The summed E-state index contributed by atoms with van der Waals surface area (Å²) in [5.41, 5.74) is 9.11. The fourth-order valence-corrected chi connectivity index (χ4v) is 2.78. The molecule has 0 fully saturated rings. The number of aliphatic hydroxyl groups is 1. The van der Waals surface area contributed by atoms with E-state index < -0.39 is 6.10 Å². The lowest BCUT2D eigenvalue weighted by Crippen LogP contribution is -2.20. The summed E-state index contributed by atoms with van der Waals surface area (Å²) in [6.07, 6.45) is 0.419. The molecule has 2 unspecified atom stereocenters. The van der Waals surface area contributed by atoms with E-state index in [-0.39, 0.29) is 5.92 Å². The second-order valence-electron chi connectivity index (χ2n) is 4.94. The molecule has 3 N–H and O–H groups in total. The van der Waals surface area contributed by atoms with Gasteiger partial charge in [-0.1, -0.05) is 59.3 Å². The topological polar surface area (TPSA) is 46.2 Å². The average molecular weight is 334 g/mol. The van der Waals surface area contributed by atoms with Gasteiger partial charge in [0, 0.05) is 16.9 Å². The summed E-state index contributed by atoms with van der Waals surface area (Å²) in [5.74, 6) is -0.0972. The van der Waals surface area contributed by atoms with Gasteiger partial charge in [0.2, 0.25) is 0 Å². The van der Waals surface area contributed by atoms with E-state index in [0.717, 1.165) is 22.0 Å². The van der Waals surface area contributed by atoms with E-state index in [4.69, 9.17) is 5.73 Å². The summed E-state index contributed by atoms with van der Waals surface area (Å²) in [7, 11) is 0. The Bertz CT molecular complexity index is 553. The monoisotopic (exact) mass is 333 g/mol. The van der Waals surface area contributed by atoms with Crippen LogP contribution >= 0.6 is 15.9 Å². The Morgan fingerprint density at radius 1 is 1.10 bits per heavy atom. The normalized spacial score (nSPS) is 14.0. The lowest BCUT2D eigenvalue weighted by atomic mass is 9.89. The van der Waals surface area contributed by atoms with Gasteiger partial charge in [0.15, 0.2) is 0 Å². The molecule has 0 bridgehead atoms. The number of hydrogen-bond acceptors (Lipinski definition) is 2. The molecular weight excluding hydrogens is 314 g/mol. The van der Waals surface area contributed by atoms with Gasteiger partial charge in [0.1, 0.15) is 0 Å². The van der Waals surface area contributed by atoms with Crippen LogP contribution in [0.15, 0.2) is 53.0 Å². The minimum Gasteiger partial charge on any atom is -0.388 e. The van der Waals surface area contributed by atoms with Crippen LogP contribution in [-0.4, -0.2) is 11.7 Å². The summed E-state index contributed by atoms with van der Waals surface area (Å²) in [6, 6.07) is 16.1. The van der Waals surface area contributed by atoms with E-state index in [1.807, 2.05) is 36.4 Å². The minimum atomic E-state index is -0.583. The second kappa shape index (κ2) is 7.02. The highest BCUT2D eigenvalue weighted by atomic mass is 79.9. The maximum atomic E-state index is 10.6. The van der Waals surface area contributed by atoms with Gasteiger partial charge in [0.05, 0.1) is 6.10 Å². The molecule has 3 heteroatoms. The fraction of sp³-hybridized carbons (Fsp3) is 0.294. The molecule has 0 amide bonds. The first kappa shape index (κ1) is 15.2. The molecule has 2 aromatic rings. The summed E-state index contributed by atoms with van der Waals surface area (Å²) >= 11 is 3.46. The van der Waals surface area contributed by atoms with Crippen molar-refractivity contribution in [3.05, 3.63) is 69.7 Å². The smallest absolute Gasteiger partial charge is 0.0870 e. The van der Waals surface area contributed by atoms with Gasteiger partial charge in [-0.25, -0.2) is 0 Å². The lowest BCUT2D eigenvalue weighted by molar-refractivity contribution is 0.147. The summed E-state index contributed by atoms with van der Waals surface area (Å²) in [5, 5.41) is 10.6. The number of halogens is 1. The summed E-state index contributed by atoms with van der Waals surface area (Å²) < 4.78 is 1.00. The van der Waals surface area contributed by atoms with Crippen molar-refractivity contribution >= 4 is 15.9 Å². The number of rotatable bonds is 5. The first-order chi connectivity index (χ1) is 9.65. The quantitative estimate of drug-likeness (QED) is 0.874. The second-order valence-corrected chi connectivity index (χ2v) is 5.85. The highest BCUT2D eigenvalue weighted by Crippen LogP contribution is 2.31. The van der Waals surface area contributed by atoms with Crippen molar-refractivity contribution in [2.75, 3.05) is 6.54 Å². The van der Waals surface area contributed by atoms with E-state index in [2.05, 4.69) is 35.0 Å². The molecule has 0 heterocycles. The highest BCUT2D eigenvalue weighted by molar-refractivity contribution is 9.10. The van der Waals surface area contributed by atoms with E-state index in [1.54, 1.807) is 0 Å². The van der Waals surface area contributed by atoms with E-state index >= 15 is 0 Å². The van der Waals surface area contributed by atoms with Crippen molar-refractivity contribution in [3.8, 4) is 0 Å². The molecule has 0 aliphatic carbocycles. The van der Waals surface area contributed by atoms with Crippen molar-refractivity contribution in [3.63, 3.8) is 0 Å². The van der Waals surface area contributed by atoms with Crippen LogP contribution in [0.2, 0.25) is 0 Å². The Hall–Kier alpha value is -1.16. The van der Waals surface area contributed by atoms with Gasteiger partial charge in [-0.3, -0.25) is 0 Å². The predicted molar refractivity (Wildman–Crippen MR) is 86.7 cm³/mol. The van der Waals surface area contributed by atoms with Crippen LogP contribution in [0.1, 0.15) is 35.6 Å². The zero-order valence-corrected chi connectivity index (χ0v) is 13.2. The molecule has 0 saturated heterocycles. The van der Waals surface area contributed by atoms with Crippen molar-refractivity contribution in [1.29, 1.82) is 0 Å². The van der Waals surface area contributed by atoms with Gasteiger partial charge in [-0.05, 0) is 35.2 Å². The Kier molecular flexibility index (Phi) is 5.35. The van der Waals surface area contributed by atoms with Crippen molar-refractivity contribution in [2.24, 2.45) is 5.73 Å². The van der Waals surface area contributed by atoms with Gasteiger partial charge in [-0.2, -0.15) is 0 Å². The molecule has 0 radical (unpaired) electrons. The third kappa shape index (κ3) is 3.48. The molecule has 2 aromatic carbocycles. The average Bonchev–Trinajstić information content (AvgIpc) is 2.48. The zero-order valence-electron chi connectivity index (χ0n) is 11.6. The number of aryl methyl sites for hydroxylation is 1. The largest absolute Gasteiger partial charge is 0.388 e. The Morgan fingerprint density at radius 3 is 2.35 bits per heavy atom. The molecule has 0 saturated carbocycles. The Labute approximate surface area is 128 Å². The Balaban J connectivity index is 2.26. The number of aliphatic hydroxyl groups excluding tert-OH is 1. The third-order valence-corrected chi connectivity index (χ3v) is 4.13. The molecule has 0 aliphatic heterocycles. The summed E-state index contributed by atoms with van der Waals surface area (Å²) in [6.45, 7) is 2.53. The van der Waals surface area contributed by atoms with Gasteiger partial charge in [0.25, 0.3) is 0 Å². The highest BCUT2D eigenvalue weighted by Gasteiger charge is 2.21. The number of benzene rings is 2. The molecule has 0 spiro atoms. The first-order valence-electron chi connectivity index (χ1n) is 6.88. The van der Waals surface area contributed by atoms with E-state index in [1.165, 1.54) is 5.56 Å². The van der Waals surface area contributed by atoms with Crippen LogP contribution < -0.4 is 5.73 Å². The zero-order chi connectivity index (χ0) is 14.5. The maximum absolute atomic E-state index is 10.6. The molecular formula is C17H20BrNO. The number of hydrogen-bond donors (Lipinski definition) is 2. The molecule has 106 valence electrons. The van der Waals surface area contributed by atoms with Crippen LogP contribution in [-0.2, 0) is 6.42 Å².